The van der Waals surface area contributed by atoms with Gasteiger partial charge >= 0.3 is 0 Å². The van der Waals surface area contributed by atoms with Gasteiger partial charge in [0, 0.05) is 24.5 Å². The molecule has 0 aliphatic rings. The fourth-order valence-corrected chi connectivity index (χ4v) is 2.31. The molecule has 2 N–H and O–H groups in total. The summed E-state index contributed by atoms with van der Waals surface area (Å²) in [7, 11) is 0. The Hall–Kier alpha value is -2.37. The van der Waals surface area contributed by atoms with E-state index in [4.69, 9.17) is 0 Å². The van der Waals surface area contributed by atoms with Crippen molar-refractivity contribution >= 4 is 5.96 Å². The number of aromatic nitrogens is 2. The Morgan fingerprint density at radius 2 is 2.08 bits per heavy atom. The maximum absolute atomic E-state index is 14.4. The molecule has 0 atom stereocenters. The molecule has 0 bridgehead atoms. The van der Waals surface area contributed by atoms with Crippen molar-refractivity contribution in [3.63, 3.8) is 0 Å². The Morgan fingerprint density at radius 3 is 2.62 bits per heavy atom. The molecule has 1 heterocycles. The zero-order chi connectivity index (χ0) is 17.7. The maximum Gasteiger partial charge on any atom is 0.191 e. The minimum Gasteiger partial charge on any atom is -0.357 e. The molecule has 24 heavy (non-hydrogen) atoms. The van der Waals surface area contributed by atoms with Crippen LogP contribution in [0.1, 0.15) is 39.1 Å². The van der Waals surface area contributed by atoms with Gasteiger partial charge in [0.15, 0.2) is 5.96 Å². The first-order valence-corrected chi connectivity index (χ1v) is 8.15. The van der Waals surface area contributed by atoms with Crippen LogP contribution in [0.25, 0.3) is 5.69 Å². The largest absolute Gasteiger partial charge is 0.357 e. The van der Waals surface area contributed by atoms with E-state index in [0.717, 1.165) is 23.9 Å². The van der Waals surface area contributed by atoms with Crippen molar-refractivity contribution in [2.75, 3.05) is 6.54 Å². The third-order valence-electron chi connectivity index (χ3n) is 3.35. The lowest BCUT2D eigenvalue weighted by Gasteiger charge is -2.23. The molecule has 6 heteroatoms. The second-order valence-corrected chi connectivity index (χ2v) is 6.70. The number of nitrogens with one attached hydrogen (secondary N) is 2. The van der Waals surface area contributed by atoms with Gasteiger partial charge in [-0.25, -0.2) is 14.4 Å². The van der Waals surface area contributed by atoms with E-state index in [1.54, 1.807) is 23.0 Å². The molecule has 0 saturated heterocycles. The Morgan fingerprint density at radius 1 is 1.33 bits per heavy atom. The average Bonchev–Trinajstić information content (AvgIpc) is 2.90. The third-order valence-corrected chi connectivity index (χ3v) is 3.35. The molecule has 5 nitrogen and oxygen atoms in total. The Bertz CT molecular complexity index is 712. The zero-order valence-electron chi connectivity index (χ0n) is 15.0. The molecular formula is C18H26FN5. The molecule has 1 aromatic carbocycles. The topological polar surface area (TPSA) is 54.2 Å². The average molecular weight is 331 g/mol. The van der Waals surface area contributed by atoms with Crippen LogP contribution in [0.2, 0.25) is 0 Å². The molecule has 0 aliphatic heterocycles. The summed E-state index contributed by atoms with van der Waals surface area (Å²) in [4.78, 5) is 8.66. The van der Waals surface area contributed by atoms with Gasteiger partial charge in [0.1, 0.15) is 11.6 Å². The van der Waals surface area contributed by atoms with E-state index in [-0.39, 0.29) is 11.4 Å². The number of aryl methyl sites for hydroxylation is 1. The second kappa shape index (κ2) is 7.47. The molecule has 0 radical (unpaired) electrons. The number of imidazole rings is 1. The van der Waals surface area contributed by atoms with E-state index >= 15 is 0 Å². The van der Waals surface area contributed by atoms with E-state index in [0.29, 0.717) is 12.2 Å². The predicted molar refractivity (Wildman–Crippen MR) is 96.0 cm³/mol. The number of nitrogens with zero attached hydrogens (tertiary/aromatic N) is 3. The van der Waals surface area contributed by atoms with Gasteiger partial charge in [-0.2, -0.15) is 0 Å². The maximum atomic E-state index is 14.4. The third kappa shape index (κ3) is 4.81. The first-order valence-electron chi connectivity index (χ1n) is 8.15. The molecule has 0 amide bonds. The van der Waals surface area contributed by atoms with E-state index in [2.05, 4.69) is 41.4 Å². The van der Waals surface area contributed by atoms with Gasteiger partial charge < -0.3 is 15.2 Å². The molecule has 0 saturated carbocycles. The Kier molecular flexibility index (Phi) is 5.59. The van der Waals surface area contributed by atoms with Crippen LogP contribution in [-0.2, 0) is 6.54 Å². The van der Waals surface area contributed by atoms with Crippen LogP contribution >= 0.6 is 0 Å². The number of hydrogen-bond donors (Lipinski definition) is 2. The highest BCUT2D eigenvalue weighted by Crippen LogP contribution is 2.17. The number of rotatable bonds is 4. The lowest BCUT2D eigenvalue weighted by Crippen LogP contribution is -2.47. The van der Waals surface area contributed by atoms with Gasteiger partial charge in [-0.3, -0.25) is 0 Å². The van der Waals surface area contributed by atoms with Gasteiger partial charge in [-0.15, -0.1) is 0 Å². The second-order valence-electron chi connectivity index (χ2n) is 6.70. The summed E-state index contributed by atoms with van der Waals surface area (Å²) in [6.07, 6.45) is 3.41. The van der Waals surface area contributed by atoms with Gasteiger partial charge in [-0.05, 0) is 52.3 Å². The summed E-state index contributed by atoms with van der Waals surface area (Å²) < 4.78 is 16.1. The van der Waals surface area contributed by atoms with Crippen LogP contribution in [0, 0.1) is 12.7 Å². The lowest BCUT2D eigenvalue weighted by atomic mass is 10.1. The van der Waals surface area contributed by atoms with Crippen LogP contribution in [0.15, 0.2) is 35.6 Å². The van der Waals surface area contributed by atoms with E-state index < -0.39 is 0 Å². The first-order chi connectivity index (χ1) is 11.3. The van der Waals surface area contributed by atoms with Crippen molar-refractivity contribution in [3.05, 3.63) is 47.8 Å². The van der Waals surface area contributed by atoms with Crippen LogP contribution in [0.3, 0.4) is 0 Å². The van der Waals surface area contributed by atoms with Crippen LogP contribution in [-0.4, -0.2) is 27.6 Å². The summed E-state index contributed by atoms with van der Waals surface area (Å²) in [6, 6.07) is 5.18. The fraction of sp³-hybridized carbons (Fsp3) is 0.444. The molecular weight excluding hydrogens is 305 g/mol. The van der Waals surface area contributed by atoms with Gasteiger partial charge in [0.25, 0.3) is 0 Å². The van der Waals surface area contributed by atoms with E-state index in [9.17, 15) is 4.39 Å². The summed E-state index contributed by atoms with van der Waals surface area (Å²) in [6.45, 7) is 11.3. The smallest absolute Gasteiger partial charge is 0.191 e. The van der Waals surface area contributed by atoms with Gasteiger partial charge in [0.2, 0.25) is 0 Å². The van der Waals surface area contributed by atoms with Crippen molar-refractivity contribution in [2.45, 2.75) is 46.7 Å². The SMILES string of the molecule is CCNC(=NCc1ccc(-n2ccnc2C)c(F)c1)NC(C)(C)C. The molecule has 0 unspecified atom stereocenters. The van der Waals surface area contributed by atoms with Crippen molar-refractivity contribution < 1.29 is 4.39 Å². The molecule has 130 valence electrons. The van der Waals surface area contributed by atoms with E-state index in [1.807, 2.05) is 19.9 Å². The number of aliphatic imine (C=N–C) groups is 1. The lowest BCUT2D eigenvalue weighted by molar-refractivity contribution is 0.501. The highest BCUT2D eigenvalue weighted by molar-refractivity contribution is 5.80. The van der Waals surface area contributed by atoms with Crippen molar-refractivity contribution in [1.82, 2.24) is 20.2 Å². The summed E-state index contributed by atoms with van der Waals surface area (Å²) in [5.41, 5.74) is 1.23. The number of guanidine groups is 1. The summed E-state index contributed by atoms with van der Waals surface area (Å²) in [5.74, 6) is 1.20. The van der Waals surface area contributed by atoms with Gasteiger partial charge in [0.05, 0.1) is 12.2 Å². The molecule has 0 fully saturated rings. The Balaban J connectivity index is 2.16. The van der Waals surface area contributed by atoms with Crippen LogP contribution in [0.4, 0.5) is 4.39 Å². The quantitative estimate of drug-likeness (QED) is 0.668. The van der Waals surface area contributed by atoms with Crippen molar-refractivity contribution in [2.24, 2.45) is 4.99 Å². The Labute approximate surface area is 143 Å². The minimum atomic E-state index is -0.280. The fourth-order valence-electron chi connectivity index (χ4n) is 2.31. The molecule has 2 rings (SSSR count). The van der Waals surface area contributed by atoms with Gasteiger partial charge in [-0.1, -0.05) is 6.07 Å². The molecule has 2 aromatic rings. The monoisotopic (exact) mass is 331 g/mol. The normalized spacial score (nSPS) is 12.3. The first kappa shape index (κ1) is 18.0. The minimum absolute atomic E-state index is 0.0882. The number of benzene rings is 1. The van der Waals surface area contributed by atoms with Crippen LogP contribution in [0.5, 0.6) is 0 Å². The van der Waals surface area contributed by atoms with Crippen LogP contribution < -0.4 is 10.6 Å². The highest BCUT2D eigenvalue weighted by atomic mass is 19.1. The van der Waals surface area contributed by atoms with Crippen molar-refractivity contribution in [1.29, 1.82) is 0 Å². The standard InChI is InChI=1S/C18H26FN5/c1-6-20-17(23-18(3,4)5)22-12-14-7-8-16(15(19)11-14)24-10-9-21-13(24)2/h7-11H,6,12H2,1-5H3,(H2,20,22,23). The summed E-state index contributed by atoms with van der Waals surface area (Å²) >= 11 is 0. The summed E-state index contributed by atoms with van der Waals surface area (Å²) in [5, 5.41) is 6.51. The number of hydrogen-bond acceptors (Lipinski definition) is 2. The molecule has 1 aromatic heterocycles. The highest BCUT2D eigenvalue weighted by Gasteiger charge is 2.12. The molecule has 0 aliphatic carbocycles. The van der Waals surface area contributed by atoms with Crippen molar-refractivity contribution in [3.8, 4) is 5.69 Å². The number of halogens is 1. The van der Waals surface area contributed by atoms with E-state index in [1.165, 1.54) is 6.07 Å². The predicted octanol–water partition coefficient (Wildman–Crippen LogP) is 3.17. The molecule has 0 spiro atoms. The zero-order valence-corrected chi connectivity index (χ0v) is 15.0.